The van der Waals surface area contributed by atoms with E-state index >= 15 is 0 Å². The second-order valence-electron chi connectivity index (χ2n) is 5.46. The lowest BCUT2D eigenvalue weighted by atomic mass is 9.87. The monoisotopic (exact) mass is 258 g/mol. The molecule has 2 rings (SSSR count). The van der Waals surface area contributed by atoms with Crippen LogP contribution >= 0.6 is 0 Å². The van der Waals surface area contributed by atoms with Crippen LogP contribution in [0.5, 0.6) is 0 Å². The van der Waals surface area contributed by atoms with Crippen LogP contribution in [0, 0.1) is 0 Å². The molecule has 0 aromatic heterocycles. The quantitative estimate of drug-likeness (QED) is 0.754. The minimum absolute atomic E-state index is 0.238. The molecule has 1 fully saturated rings. The first-order valence-corrected chi connectivity index (χ1v) is 6.13. The summed E-state index contributed by atoms with van der Waals surface area (Å²) < 4.78 is 22.8. The van der Waals surface area contributed by atoms with Crippen molar-refractivity contribution >= 4 is 0 Å². The van der Waals surface area contributed by atoms with Crippen LogP contribution in [-0.4, -0.2) is 48.7 Å². The summed E-state index contributed by atoms with van der Waals surface area (Å²) in [5.41, 5.74) is -0.875. The molecule has 5 heteroatoms. The van der Waals surface area contributed by atoms with Crippen LogP contribution in [0.25, 0.3) is 0 Å². The Morgan fingerprint density at radius 3 is 2.22 bits per heavy atom. The fourth-order valence-electron chi connectivity index (χ4n) is 2.47. The summed E-state index contributed by atoms with van der Waals surface area (Å²) in [6, 6.07) is 0. The van der Waals surface area contributed by atoms with Crippen molar-refractivity contribution in [2.75, 3.05) is 14.2 Å². The SMILES string of the molecule is CO[C@@]1(C)O[C@@H]2C=C[C@@](C)(O)C[C@H]2O[C@]1(C)OC. The Morgan fingerprint density at radius 2 is 1.67 bits per heavy atom. The van der Waals surface area contributed by atoms with E-state index in [4.69, 9.17) is 18.9 Å². The molecule has 0 aromatic rings. The molecule has 1 heterocycles. The largest absolute Gasteiger partial charge is 0.386 e. The molecule has 0 unspecified atom stereocenters. The predicted octanol–water partition coefficient (Wildman–Crippen LogP) is 1.21. The van der Waals surface area contributed by atoms with E-state index in [0.29, 0.717) is 6.42 Å². The molecule has 1 N–H and O–H groups in total. The molecule has 5 atom stereocenters. The molecule has 1 aliphatic heterocycles. The number of hydrogen-bond donors (Lipinski definition) is 1. The highest BCUT2D eigenvalue weighted by Gasteiger charge is 2.57. The zero-order valence-electron chi connectivity index (χ0n) is 11.6. The third-order valence-electron chi connectivity index (χ3n) is 3.97. The van der Waals surface area contributed by atoms with Gasteiger partial charge in [-0.05, 0) is 20.8 Å². The molecule has 104 valence electrons. The Bertz CT molecular complexity index is 353. The molecule has 0 bridgehead atoms. The van der Waals surface area contributed by atoms with Gasteiger partial charge in [-0.3, -0.25) is 0 Å². The summed E-state index contributed by atoms with van der Waals surface area (Å²) in [7, 11) is 3.11. The van der Waals surface area contributed by atoms with E-state index in [0.717, 1.165) is 0 Å². The molecule has 0 saturated carbocycles. The van der Waals surface area contributed by atoms with Crippen LogP contribution in [0.4, 0.5) is 0 Å². The Morgan fingerprint density at radius 1 is 1.11 bits per heavy atom. The molecule has 0 spiro atoms. The first kappa shape index (κ1) is 14.0. The molecule has 18 heavy (non-hydrogen) atoms. The summed E-state index contributed by atoms with van der Waals surface area (Å²) in [5.74, 6) is -2.00. The van der Waals surface area contributed by atoms with E-state index in [2.05, 4.69) is 0 Å². The average molecular weight is 258 g/mol. The Kier molecular flexibility index (Phi) is 3.32. The molecule has 1 saturated heterocycles. The maximum atomic E-state index is 10.0. The summed E-state index contributed by atoms with van der Waals surface area (Å²) in [4.78, 5) is 0. The Labute approximate surface area is 108 Å². The van der Waals surface area contributed by atoms with E-state index in [1.54, 1.807) is 41.1 Å². The second kappa shape index (κ2) is 4.28. The molecule has 1 aliphatic carbocycles. The molecule has 0 aromatic carbocycles. The number of fused-ring (bicyclic) bond motifs is 1. The van der Waals surface area contributed by atoms with Gasteiger partial charge in [0.2, 0.25) is 11.6 Å². The maximum Gasteiger partial charge on any atom is 0.220 e. The zero-order valence-corrected chi connectivity index (χ0v) is 11.6. The minimum atomic E-state index is -1.01. The van der Waals surface area contributed by atoms with E-state index in [9.17, 15) is 5.11 Å². The van der Waals surface area contributed by atoms with Crippen molar-refractivity contribution in [3.05, 3.63) is 12.2 Å². The summed E-state index contributed by atoms with van der Waals surface area (Å²) in [6.07, 6.45) is 3.54. The van der Waals surface area contributed by atoms with Crippen molar-refractivity contribution in [3.8, 4) is 0 Å². The van der Waals surface area contributed by atoms with E-state index < -0.39 is 17.2 Å². The molecule has 2 aliphatic rings. The van der Waals surface area contributed by atoms with E-state index in [-0.39, 0.29) is 12.2 Å². The van der Waals surface area contributed by atoms with Crippen LogP contribution in [0.3, 0.4) is 0 Å². The lowest BCUT2D eigenvalue weighted by molar-refractivity contribution is -0.445. The number of aliphatic hydroxyl groups is 1. The molecule has 0 amide bonds. The highest BCUT2D eigenvalue weighted by atomic mass is 16.8. The van der Waals surface area contributed by atoms with Gasteiger partial charge in [0.1, 0.15) is 6.10 Å². The van der Waals surface area contributed by atoms with Crippen LogP contribution in [0.1, 0.15) is 27.2 Å². The second-order valence-corrected chi connectivity index (χ2v) is 5.46. The Hall–Kier alpha value is -0.460. The van der Waals surface area contributed by atoms with Gasteiger partial charge in [0.25, 0.3) is 0 Å². The summed E-state index contributed by atoms with van der Waals surface area (Å²) in [5, 5.41) is 10.0. The number of hydrogen-bond acceptors (Lipinski definition) is 5. The number of methoxy groups -OCH3 is 2. The van der Waals surface area contributed by atoms with Gasteiger partial charge in [-0.25, -0.2) is 0 Å². The number of rotatable bonds is 2. The smallest absolute Gasteiger partial charge is 0.220 e. The highest BCUT2D eigenvalue weighted by Crippen LogP contribution is 2.42. The van der Waals surface area contributed by atoms with Crippen LogP contribution < -0.4 is 0 Å². The molecular weight excluding hydrogens is 236 g/mol. The van der Waals surface area contributed by atoms with Crippen LogP contribution in [-0.2, 0) is 18.9 Å². The topological polar surface area (TPSA) is 57.2 Å². The van der Waals surface area contributed by atoms with Gasteiger partial charge in [-0.15, -0.1) is 0 Å². The zero-order chi connectivity index (χ0) is 13.6. The summed E-state index contributed by atoms with van der Waals surface area (Å²) >= 11 is 0. The van der Waals surface area contributed by atoms with Gasteiger partial charge < -0.3 is 24.1 Å². The Balaban J connectivity index is 2.28. The molecule has 0 radical (unpaired) electrons. The maximum absolute atomic E-state index is 10.0. The molecular formula is C13H22O5. The minimum Gasteiger partial charge on any atom is -0.386 e. The van der Waals surface area contributed by atoms with Crippen molar-refractivity contribution in [2.24, 2.45) is 0 Å². The van der Waals surface area contributed by atoms with Gasteiger partial charge >= 0.3 is 0 Å². The normalized spacial score (nSPS) is 52.1. The first-order chi connectivity index (χ1) is 8.25. The van der Waals surface area contributed by atoms with Crippen molar-refractivity contribution in [1.82, 2.24) is 0 Å². The first-order valence-electron chi connectivity index (χ1n) is 6.13. The van der Waals surface area contributed by atoms with Crippen molar-refractivity contribution in [2.45, 2.75) is 56.6 Å². The van der Waals surface area contributed by atoms with Crippen molar-refractivity contribution in [3.63, 3.8) is 0 Å². The predicted molar refractivity (Wildman–Crippen MR) is 65.0 cm³/mol. The third kappa shape index (κ3) is 2.10. The fourth-order valence-corrected chi connectivity index (χ4v) is 2.47. The lowest BCUT2D eigenvalue weighted by Crippen LogP contribution is -2.66. The van der Waals surface area contributed by atoms with E-state index in [1.165, 1.54) is 0 Å². The standard InChI is InChI=1S/C13H22O5/c1-11(14)7-6-9-10(8-11)18-13(3,16-5)12(2,15-4)17-9/h6-7,9-10,14H,8H2,1-5H3/t9-,10-,11-,12+,13+/m1/s1. The van der Waals surface area contributed by atoms with Crippen molar-refractivity contribution in [1.29, 1.82) is 0 Å². The van der Waals surface area contributed by atoms with Crippen molar-refractivity contribution < 1.29 is 24.1 Å². The van der Waals surface area contributed by atoms with Gasteiger partial charge in [0.15, 0.2) is 0 Å². The number of ether oxygens (including phenoxy) is 4. The van der Waals surface area contributed by atoms with E-state index in [1.807, 2.05) is 6.08 Å². The third-order valence-corrected chi connectivity index (χ3v) is 3.97. The van der Waals surface area contributed by atoms with Gasteiger partial charge in [0, 0.05) is 20.6 Å². The average Bonchev–Trinajstić information content (AvgIpc) is 2.30. The van der Waals surface area contributed by atoms with Crippen LogP contribution in [0.2, 0.25) is 0 Å². The van der Waals surface area contributed by atoms with Crippen LogP contribution in [0.15, 0.2) is 12.2 Å². The van der Waals surface area contributed by atoms with Gasteiger partial charge in [0.05, 0.1) is 11.7 Å². The summed E-state index contributed by atoms with van der Waals surface area (Å²) in [6.45, 7) is 5.31. The lowest BCUT2D eigenvalue weighted by Gasteiger charge is -2.53. The highest BCUT2D eigenvalue weighted by molar-refractivity contribution is 5.13. The van der Waals surface area contributed by atoms with Gasteiger partial charge in [-0.2, -0.15) is 0 Å². The molecule has 5 nitrogen and oxygen atoms in total. The fraction of sp³-hybridized carbons (Fsp3) is 0.846. The van der Waals surface area contributed by atoms with Gasteiger partial charge in [-0.1, -0.05) is 12.2 Å².